The second-order valence-electron chi connectivity index (χ2n) is 3.99. The third-order valence-electron chi connectivity index (χ3n) is 2.72. The average Bonchev–Trinajstić information content (AvgIpc) is 3.10. The van der Waals surface area contributed by atoms with Crippen molar-refractivity contribution in [2.24, 2.45) is 0 Å². The molecule has 1 aromatic rings. The van der Waals surface area contributed by atoms with Crippen molar-refractivity contribution in [1.29, 1.82) is 0 Å². The maximum Gasteiger partial charge on any atom is 0.122 e. The molecule has 0 amide bonds. The first-order valence-electron chi connectivity index (χ1n) is 5.42. The van der Waals surface area contributed by atoms with Crippen molar-refractivity contribution >= 4 is 0 Å². The van der Waals surface area contributed by atoms with Crippen LogP contribution in [0.5, 0.6) is 11.5 Å². The highest BCUT2D eigenvalue weighted by molar-refractivity contribution is 5.41. The molecule has 3 heteroatoms. The fraction of sp³-hybridized carbons (Fsp3) is 0.500. The molecule has 0 aromatic heterocycles. The van der Waals surface area contributed by atoms with Gasteiger partial charge in [0.2, 0.25) is 0 Å². The van der Waals surface area contributed by atoms with Crippen LogP contribution in [-0.2, 0) is 11.2 Å². The Bertz CT molecular complexity index is 358. The molecule has 0 saturated carbocycles. The number of epoxide rings is 1. The number of hydrogen-bond donors (Lipinski definition) is 0. The molecule has 0 radical (unpaired) electrons. The van der Waals surface area contributed by atoms with Crippen LogP contribution >= 0.6 is 0 Å². The standard InChI is InChI=1S/C12H14O3/c1-2-9-6-10(14-7-11-8-15-11)3-4-12(9)13-5-1/h3-4,6,11H,1-2,5,7-8H2/t11-/m0/s1. The lowest BCUT2D eigenvalue weighted by molar-refractivity contribution is 0.260. The molecule has 3 nitrogen and oxygen atoms in total. The fourth-order valence-corrected chi connectivity index (χ4v) is 1.78. The molecule has 0 unspecified atom stereocenters. The van der Waals surface area contributed by atoms with E-state index in [1.54, 1.807) is 0 Å². The van der Waals surface area contributed by atoms with Crippen molar-refractivity contribution < 1.29 is 14.2 Å². The van der Waals surface area contributed by atoms with E-state index in [0.29, 0.717) is 12.7 Å². The van der Waals surface area contributed by atoms with E-state index in [9.17, 15) is 0 Å². The second kappa shape index (κ2) is 3.74. The number of fused-ring (bicyclic) bond motifs is 1. The van der Waals surface area contributed by atoms with Crippen molar-refractivity contribution in [2.75, 3.05) is 19.8 Å². The highest BCUT2D eigenvalue weighted by Crippen LogP contribution is 2.28. The maximum absolute atomic E-state index is 5.62. The second-order valence-corrected chi connectivity index (χ2v) is 3.99. The summed E-state index contributed by atoms with van der Waals surface area (Å²) in [7, 11) is 0. The van der Waals surface area contributed by atoms with Crippen molar-refractivity contribution in [3.8, 4) is 11.5 Å². The monoisotopic (exact) mass is 206 g/mol. The van der Waals surface area contributed by atoms with E-state index in [-0.39, 0.29) is 0 Å². The van der Waals surface area contributed by atoms with Gasteiger partial charge in [0.1, 0.15) is 24.2 Å². The molecule has 1 fully saturated rings. The van der Waals surface area contributed by atoms with Gasteiger partial charge in [-0.1, -0.05) is 0 Å². The SMILES string of the molecule is c1cc2c(cc1OC[C@H]1CO1)CCCO2. The molecule has 1 atom stereocenters. The van der Waals surface area contributed by atoms with Crippen LogP contribution in [0.25, 0.3) is 0 Å². The number of benzene rings is 1. The molecule has 80 valence electrons. The Morgan fingerprint density at radius 2 is 2.33 bits per heavy atom. The van der Waals surface area contributed by atoms with Gasteiger partial charge >= 0.3 is 0 Å². The zero-order chi connectivity index (χ0) is 10.1. The van der Waals surface area contributed by atoms with Gasteiger partial charge in [-0.2, -0.15) is 0 Å². The molecular formula is C12H14O3. The zero-order valence-corrected chi connectivity index (χ0v) is 8.57. The minimum Gasteiger partial charge on any atom is -0.493 e. The Hall–Kier alpha value is -1.22. The Morgan fingerprint density at radius 3 is 3.20 bits per heavy atom. The fourth-order valence-electron chi connectivity index (χ4n) is 1.78. The van der Waals surface area contributed by atoms with Gasteiger partial charge in [-0.3, -0.25) is 0 Å². The molecule has 15 heavy (non-hydrogen) atoms. The van der Waals surface area contributed by atoms with Gasteiger partial charge < -0.3 is 14.2 Å². The van der Waals surface area contributed by atoms with Crippen molar-refractivity contribution in [3.05, 3.63) is 23.8 Å². The van der Waals surface area contributed by atoms with Gasteiger partial charge in [-0.15, -0.1) is 0 Å². The van der Waals surface area contributed by atoms with Gasteiger partial charge in [-0.25, -0.2) is 0 Å². The summed E-state index contributed by atoms with van der Waals surface area (Å²) in [5.74, 6) is 1.94. The highest BCUT2D eigenvalue weighted by Gasteiger charge is 2.23. The Kier molecular flexibility index (Phi) is 2.25. The van der Waals surface area contributed by atoms with Crippen LogP contribution in [0.2, 0.25) is 0 Å². The molecule has 0 bridgehead atoms. The predicted octanol–water partition coefficient (Wildman–Crippen LogP) is 1.79. The van der Waals surface area contributed by atoms with Crippen LogP contribution in [0.15, 0.2) is 18.2 Å². The first-order chi connectivity index (χ1) is 7.42. The molecule has 0 N–H and O–H groups in total. The summed E-state index contributed by atoms with van der Waals surface area (Å²) in [6.45, 7) is 2.34. The number of hydrogen-bond acceptors (Lipinski definition) is 3. The van der Waals surface area contributed by atoms with E-state index in [1.165, 1.54) is 5.56 Å². The smallest absolute Gasteiger partial charge is 0.122 e. The summed E-state index contributed by atoms with van der Waals surface area (Å²) in [6.07, 6.45) is 2.51. The highest BCUT2D eigenvalue weighted by atomic mass is 16.6. The number of ether oxygens (including phenoxy) is 3. The van der Waals surface area contributed by atoms with Crippen LogP contribution in [0, 0.1) is 0 Å². The normalized spacial score (nSPS) is 22.8. The molecular weight excluding hydrogens is 192 g/mol. The number of aryl methyl sites for hydroxylation is 1. The number of rotatable bonds is 3. The average molecular weight is 206 g/mol. The molecule has 2 aliphatic heterocycles. The van der Waals surface area contributed by atoms with Crippen molar-refractivity contribution in [3.63, 3.8) is 0 Å². The Labute approximate surface area is 89.0 Å². The van der Waals surface area contributed by atoms with Crippen molar-refractivity contribution in [2.45, 2.75) is 18.9 Å². The zero-order valence-electron chi connectivity index (χ0n) is 8.57. The molecule has 2 heterocycles. The Balaban J connectivity index is 1.71. The van der Waals surface area contributed by atoms with Crippen LogP contribution in [-0.4, -0.2) is 25.9 Å². The van der Waals surface area contributed by atoms with Gasteiger partial charge in [-0.05, 0) is 36.6 Å². The van der Waals surface area contributed by atoms with Crippen LogP contribution in [0.1, 0.15) is 12.0 Å². The predicted molar refractivity (Wildman–Crippen MR) is 55.5 cm³/mol. The van der Waals surface area contributed by atoms with E-state index >= 15 is 0 Å². The van der Waals surface area contributed by atoms with Crippen LogP contribution in [0.3, 0.4) is 0 Å². The van der Waals surface area contributed by atoms with Crippen LogP contribution < -0.4 is 9.47 Å². The third kappa shape index (κ3) is 2.07. The maximum atomic E-state index is 5.62. The minimum absolute atomic E-state index is 0.317. The summed E-state index contributed by atoms with van der Waals surface area (Å²) in [4.78, 5) is 0. The van der Waals surface area contributed by atoms with E-state index in [4.69, 9.17) is 14.2 Å². The molecule has 1 aromatic carbocycles. The van der Waals surface area contributed by atoms with E-state index in [2.05, 4.69) is 6.07 Å². The Morgan fingerprint density at radius 1 is 1.40 bits per heavy atom. The minimum atomic E-state index is 0.317. The van der Waals surface area contributed by atoms with Gasteiger partial charge in [0, 0.05) is 0 Å². The van der Waals surface area contributed by atoms with E-state index < -0.39 is 0 Å². The van der Waals surface area contributed by atoms with Gasteiger partial charge in [0.15, 0.2) is 0 Å². The van der Waals surface area contributed by atoms with Crippen molar-refractivity contribution in [1.82, 2.24) is 0 Å². The summed E-state index contributed by atoms with van der Waals surface area (Å²) in [5.41, 5.74) is 1.26. The van der Waals surface area contributed by atoms with E-state index in [0.717, 1.165) is 37.6 Å². The third-order valence-corrected chi connectivity index (χ3v) is 2.72. The molecule has 1 saturated heterocycles. The lowest BCUT2D eigenvalue weighted by Crippen LogP contribution is -2.09. The summed E-state index contributed by atoms with van der Waals surface area (Å²) >= 11 is 0. The first kappa shape index (κ1) is 9.04. The molecule has 2 aliphatic rings. The molecule has 3 rings (SSSR count). The van der Waals surface area contributed by atoms with E-state index in [1.807, 2.05) is 12.1 Å². The quantitative estimate of drug-likeness (QED) is 0.706. The van der Waals surface area contributed by atoms with Gasteiger partial charge in [0.05, 0.1) is 13.2 Å². The lowest BCUT2D eigenvalue weighted by Gasteiger charge is -2.17. The first-order valence-corrected chi connectivity index (χ1v) is 5.42. The molecule has 0 aliphatic carbocycles. The lowest BCUT2D eigenvalue weighted by atomic mass is 10.1. The largest absolute Gasteiger partial charge is 0.493 e. The summed E-state index contributed by atoms with van der Waals surface area (Å²) in [6, 6.07) is 6.04. The van der Waals surface area contributed by atoms with Gasteiger partial charge in [0.25, 0.3) is 0 Å². The summed E-state index contributed by atoms with van der Waals surface area (Å²) < 4.78 is 16.2. The topological polar surface area (TPSA) is 31.0 Å². The van der Waals surface area contributed by atoms with Crippen LogP contribution in [0.4, 0.5) is 0 Å². The summed E-state index contributed by atoms with van der Waals surface area (Å²) in [5, 5.41) is 0. The molecule has 0 spiro atoms.